The molecule has 2 aromatic rings. The van der Waals surface area contributed by atoms with Gasteiger partial charge in [0.2, 0.25) is 10.5 Å². The van der Waals surface area contributed by atoms with E-state index in [1.54, 1.807) is 6.07 Å². The van der Waals surface area contributed by atoms with Gasteiger partial charge >= 0.3 is 22.8 Å². The Balaban J connectivity index is 2.02. The van der Waals surface area contributed by atoms with Crippen molar-refractivity contribution in [2.45, 2.75) is 35.2 Å². The van der Waals surface area contributed by atoms with Crippen molar-refractivity contribution in [2.75, 3.05) is 6.61 Å². The number of hydrogen-bond acceptors (Lipinski definition) is 8. The molecule has 1 amide bonds. The lowest BCUT2D eigenvalue weighted by atomic mass is 10.1. The Kier molecular flexibility index (Phi) is 7.30. The van der Waals surface area contributed by atoms with Crippen LogP contribution >= 0.6 is 0 Å². The molecule has 0 aliphatic rings. The number of nitrogens with zero attached hydrogens (tertiary/aromatic N) is 1. The van der Waals surface area contributed by atoms with Crippen LogP contribution in [0.2, 0.25) is 0 Å². The standard InChI is InChI=1S/C16H17N3O10S/c20-12(17-11(16(23)24)6-7-13(21)22)8-9-28-14-15(19(25)29-18-14)30(26,27)10-4-2-1-3-5-10/h1-5,11H,6-9H2,(H3-,17,18,20,21,22,23,24,25)/p+1/t11-/m0/s1. The number of aliphatic carboxylic acids is 2. The van der Waals surface area contributed by atoms with Crippen LogP contribution in [-0.2, 0) is 24.2 Å². The monoisotopic (exact) mass is 444 g/mol. The lowest BCUT2D eigenvalue weighted by Crippen LogP contribution is -2.41. The second-order valence-electron chi connectivity index (χ2n) is 5.89. The third-order valence-electron chi connectivity index (χ3n) is 3.75. The maximum Gasteiger partial charge on any atom is 0.404 e. The number of rotatable bonds is 11. The van der Waals surface area contributed by atoms with Crippen LogP contribution < -0.4 is 14.7 Å². The summed E-state index contributed by atoms with van der Waals surface area (Å²) in [6.45, 7) is -0.426. The van der Waals surface area contributed by atoms with Crippen molar-refractivity contribution < 1.29 is 47.0 Å². The van der Waals surface area contributed by atoms with Crippen molar-refractivity contribution in [1.82, 2.24) is 10.5 Å². The normalized spacial score (nSPS) is 12.1. The van der Waals surface area contributed by atoms with Crippen molar-refractivity contribution in [2.24, 2.45) is 0 Å². The molecular weight excluding hydrogens is 426 g/mol. The molecule has 0 fully saturated rings. The Labute approximate surface area is 168 Å². The first-order chi connectivity index (χ1) is 14.1. The summed E-state index contributed by atoms with van der Waals surface area (Å²) in [5, 5.41) is 20.9. The number of benzene rings is 1. The number of carboxylic acid groups (broad SMARTS) is 2. The van der Waals surface area contributed by atoms with E-state index in [0.717, 1.165) is 0 Å². The molecule has 0 aliphatic heterocycles. The van der Waals surface area contributed by atoms with E-state index in [-0.39, 0.29) is 15.9 Å². The molecule has 162 valence electrons. The summed E-state index contributed by atoms with van der Waals surface area (Å²) in [4.78, 5) is 45.1. The molecule has 0 saturated carbocycles. The van der Waals surface area contributed by atoms with Crippen LogP contribution in [0.1, 0.15) is 19.3 Å². The molecule has 30 heavy (non-hydrogen) atoms. The van der Waals surface area contributed by atoms with Gasteiger partial charge in [-0.3, -0.25) is 9.59 Å². The van der Waals surface area contributed by atoms with Gasteiger partial charge < -0.3 is 20.3 Å². The minimum atomic E-state index is -4.29. The van der Waals surface area contributed by atoms with Crippen molar-refractivity contribution in [1.29, 1.82) is 0 Å². The molecule has 4 N–H and O–H groups in total. The minimum absolute atomic E-state index is 0.185. The number of hydrogen-bond donors (Lipinski definition) is 4. The van der Waals surface area contributed by atoms with Crippen LogP contribution in [0.15, 0.2) is 44.9 Å². The number of amides is 1. The molecular formula is C16H18N3O10S+. The molecule has 0 saturated heterocycles. The predicted molar refractivity (Wildman–Crippen MR) is 94.9 cm³/mol. The highest BCUT2D eigenvalue weighted by molar-refractivity contribution is 7.91. The fraction of sp³-hybridized carbons (Fsp3) is 0.312. The molecule has 0 radical (unpaired) electrons. The van der Waals surface area contributed by atoms with E-state index in [4.69, 9.17) is 14.9 Å². The maximum absolute atomic E-state index is 12.6. The number of nitrogens with one attached hydrogen (secondary N) is 2. The van der Waals surface area contributed by atoms with Crippen molar-refractivity contribution >= 4 is 27.7 Å². The number of carbonyl (C=O) groups is 3. The maximum atomic E-state index is 12.6. The largest absolute Gasteiger partial charge is 0.481 e. The highest BCUT2D eigenvalue weighted by Crippen LogP contribution is 2.24. The Bertz CT molecular complexity index is 1070. The van der Waals surface area contributed by atoms with Crippen molar-refractivity contribution in [3.63, 3.8) is 0 Å². The smallest absolute Gasteiger partial charge is 0.404 e. The first-order valence-corrected chi connectivity index (χ1v) is 9.92. The number of ether oxygens (including phenoxy) is 1. The Morgan fingerprint density at radius 1 is 1.17 bits per heavy atom. The Morgan fingerprint density at radius 2 is 1.83 bits per heavy atom. The third kappa shape index (κ3) is 5.66. The SMILES string of the molecule is O=C(O)CC[C@H](NC(=O)CCOc1[nH]o[n+](=O)c1S(=O)(=O)c1ccccc1)C(=O)O. The number of carbonyl (C=O) groups excluding carboxylic acids is 1. The van der Waals surface area contributed by atoms with Gasteiger partial charge in [-0.25, -0.2) is 13.2 Å². The van der Waals surface area contributed by atoms with Crippen LogP contribution in [0.4, 0.5) is 0 Å². The zero-order valence-corrected chi connectivity index (χ0v) is 16.1. The second kappa shape index (κ2) is 9.69. The van der Waals surface area contributed by atoms with Gasteiger partial charge in [0.1, 0.15) is 12.6 Å². The third-order valence-corrected chi connectivity index (χ3v) is 5.48. The van der Waals surface area contributed by atoms with E-state index in [1.807, 2.05) is 5.16 Å². The molecule has 1 aromatic carbocycles. The fourth-order valence-electron chi connectivity index (χ4n) is 2.31. The van der Waals surface area contributed by atoms with Gasteiger partial charge in [-0.1, -0.05) is 22.8 Å². The van der Waals surface area contributed by atoms with Crippen molar-refractivity contribution in [3.8, 4) is 5.88 Å². The first kappa shape index (κ1) is 22.6. The highest BCUT2D eigenvalue weighted by atomic mass is 32.2. The quantitative estimate of drug-likeness (QED) is 0.352. The molecule has 0 unspecified atom stereocenters. The fourth-order valence-corrected chi connectivity index (χ4v) is 3.63. The molecule has 1 heterocycles. The molecule has 0 spiro atoms. The predicted octanol–water partition coefficient (Wildman–Crippen LogP) is -0.442. The number of H-pyrrole nitrogens is 1. The summed E-state index contributed by atoms with van der Waals surface area (Å²) in [6, 6.07) is 5.63. The Hall–Kier alpha value is -3.68. The van der Waals surface area contributed by atoms with Crippen LogP contribution in [0.5, 0.6) is 5.88 Å². The molecule has 0 aliphatic carbocycles. The van der Waals surface area contributed by atoms with Crippen LogP contribution in [0.3, 0.4) is 0 Å². The van der Waals surface area contributed by atoms with E-state index >= 15 is 0 Å². The van der Waals surface area contributed by atoms with E-state index in [1.165, 1.54) is 24.3 Å². The highest BCUT2D eigenvalue weighted by Gasteiger charge is 2.37. The summed E-state index contributed by atoms with van der Waals surface area (Å²) in [6.07, 6.45) is -1.18. The summed E-state index contributed by atoms with van der Waals surface area (Å²) in [5.41, 5.74) is 0. The van der Waals surface area contributed by atoms with Gasteiger partial charge in [0.15, 0.2) is 0 Å². The Morgan fingerprint density at radius 3 is 2.43 bits per heavy atom. The lowest BCUT2D eigenvalue weighted by Gasteiger charge is -2.13. The first-order valence-electron chi connectivity index (χ1n) is 8.44. The second-order valence-corrected chi connectivity index (χ2v) is 7.76. The molecule has 13 nitrogen and oxygen atoms in total. The summed E-state index contributed by atoms with van der Waals surface area (Å²) >= 11 is 0. The molecule has 14 heteroatoms. The minimum Gasteiger partial charge on any atom is -0.481 e. The van der Waals surface area contributed by atoms with Gasteiger partial charge in [0.25, 0.3) is 9.84 Å². The average Bonchev–Trinajstić information content (AvgIpc) is 3.06. The summed E-state index contributed by atoms with van der Waals surface area (Å²) in [7, 11) is -4.29. The number of sulfone groups is 1. The summed E-state index contributed by atoms with van der Waals surface area (Å²) < 4.78 is 34.5. The molecule has 1 aromatic heterocycles. The molecule has 0 bridgehead atoms. The lowest BCUT2D eigenvalue weighted by molar-refractivity contribution is -0.744. The van der Waals surface area contributed by atoms with Crippen molar-refractivity contribution in [3.05, 3.63) is 35.2 Å². The molecule has 1 atom stereocenters. The van der Waals surface area contributed by atoms with E-state index in [0.29, 0.717) is 0 Å². The van der Waals surface area contributed by atoms with Gasteiger partial charge in [-0.15, -0.1) is 0 Å². The van der Waals surface area contributed by atoms with Gasteiger partial charge in [-0.05, 0) is 28.6 Å². The van der Waals surface area contributed by atoms with Crippen LogP contribution in [0, 0.1) is 4.91 Å². The van der Waals surface area contributed by atoms with Gasteiger partial charge in [0.05, 0.1) is 11.3 Å². The topological polar surface area (TPSA) is 199 Å². The van der Waals surface area contributed by atoms with E-state index in [9.17, 15) is 27.7 Å². The number of aromatic nitrogens is 2. The van der Waals surface area contributed by atoms with Gasteiger partial charge in [0, 0.05) is 6.42 Å². The van der Waals surface area contributed by atoms with E-state index in [2.05, 4.69) is 9.95 Å². The van der Waals surface area contributed by atoms with Crippen LogP contribution in [-0.4, -0.2) is 54.3 Å². The zero-order chi connectivity index (χ0) is 22.3. The summed E-state index contributed by atoms with van der Waals surface area (Å²) in [5.74, 6) is -3.94. The average molecular weight is 444 g/mol. The number of aromatic amines is 1. The number of carboxylic acids is 2. The van der Waals surface area contributed by atoms with Crippen LogP contribution in [0.25, 0.3) is 0 Å². The van der Waals surface area contributed by atoms with Gasteiger partial charge in [-0.2, -0.15) is 0 Å². The molecule has 2 rings (SSSR count). The van der Waals surface area contributed by atoms with E-state index < -0.39 is 64.1 Å². The zero-order valence-electron chi connectivity index (χ0n) is 15.3.